The standard InChI is InChI=1S/C20H17N3O2S3/c24-18(21-8-7-13-11-22-16-6-2-1-5-15(13)16)12-23-19(25)17(28-20(23)26)10-14-4-3-9-27-14/h1-6,9-11,22H,7-8,12H2,(H,21,24)/b17-10+. The lowest BCUT2D eigenvalue weighted by molar-refractivity contribution is -0.128. The number of hydrogen-bond acceptors (Lipinski definition) is 5. The van der Waals surface area contributed by atoms with Crippen molar-refractivity contribution < 1.29 is 9.59 Å². The summed E-state index contributed by atoms with van der Waals surface area (Å²) in [6, 6.07) is 11.9. The fourth-order valence-electron chi connectivity index (χ4n) is 3.01. The number of carbonyl (C=O) groups excluding carboxylic acids is 2. The van der Waals surface area contributed by atoms with Gasteiger partial charge in [-0.2, -0.15) is 0 Å². The summed E-state index contributed by atoms with van der Waals surface area (Å²) in [5, 5.41) is 5.99. The zero-order valence-corrected chi connectivity index (χ0v) is 17.3. The van der Waals surface area contributed by atoms with Crippen LogP contribution in [0.2, 0.25) is 0 Å². The first-order valence-corrected chi connectivity index (χ1v) is 10.8. The lowest BCUT2D eigenvalue weighted by Crippen LogP contribution is -2.40. The predicted molar refractivity (Wildman–Crippen MR) is 119 cm³/mol. The molecule has 1 aromatic carbocycles. The van der Waals surface area contributed by atoms with Crippen molar-refractivity contribution in [2.75, 3.05) is 13.1 Å². The van der Waals surface area contributed by atoms with Gasteiger partial charge in [0.05, 0.1) is 4.91 Å². The molecule has 2 N–H and O–H groups in total. The molecule has 1 fully saturated rings. The van der Waals surface area contributed by atoms with Crippen LogP contribution in [-0.4, -0.2) is 39.1 Å². The molecule has 0 radical (unpaired) electrons. The highest BCUT2D eigenvalue weighted by molar-refractivity contribution is 8.26. The maximum atomic E-state index is 12.6. The summed E-state index contributed by atoms with van der Waals surface area (Å²) in [5.41, 5.74) is 2.24. The highest BCUT2D eigenvalue weighted by Crippen LogP contribution is 2.33. The maximum Gasteiger partial charge on any atom is 0.266 e. The molecule has 1 aliphatic rings. The van der Waals surface area contributed by atoms with Gasteiger partial charge in [-0.25, -0.2) is 0 Å². The van der Waals surface area contributed by atoms with Crippen molar-refractivity contribution >= 4 is 68.4 Å². The number of thiophene rings is 1. The number of carbonyl (C=O) groups is 2. The first kappa shape index (κ1) is 18.9. The number of aromatic nitrogens is 1. The zero-order valence-electron chi connectivity index (χ0n) is 14.8. The molecule has 2 aromatic heterocycles. The molecular weight excluding hydrogens is 410 g/mol. The molecule has 28 heavy (non-hydrogen) atoms. The van der Waals surface area contributed by atoms with Gasteiger partial charge < -0.3 is 10.3 Å². The second-order valence-corrected chi connectivity index (χ2v) is 8.90. The third kappa shape index (κ3) is 4.04. The summed E-state index contributed by atoms with van der Waals surface area (Å²) in [6.45, 7) is 0.445. The van der Waals surface area contributed by atoms with E-state index >= 15 is 0 Å². The average Bonchev–Trinajstić information content (AvgIpc) is 3.40. The van der Waals surface area contributed by atoms with Gasteiger partial charge in [0.1, 0.15) is 10.9 Å². The van der Waals surface area contributed by atoms with E-state index in [0.29, 0.717) is 22.2 Å². The Balaban J connectivity index is 1.32. The van der Waals surface area contributed by atoms with Crippen LogP contribution in [0.3, 0.4) is 0 Å². The van der Waals surface area contributed by atoms with Gasteiger partial charge in [-0.1, -0.05) is 48.2 Å². The molecule has 1 aliphatic heterocycles. The highest BCUT2D eigenvalue weighted by atomic mass is 32.2. The van der Waals surface area contributed by atoms with E-state index in [1.54, 1.807) is 11.3 Å². The summed E-state index contributed by atoms with van der Waals surface area (Å²) >= 11 is 8.08. The Bertz CT molecular complexity index is 1070. The molecule has 3 heterocycles. The van der Waals surface area contributed by atoms with Gasteiger partial charge in [0.2, 0.25) is 5.91 Å². The first-order chi connectivity index (χ1) is 13.6. The highest BCUT2D eigenvalue weighted by Gasteiger charge is 2.33. The smallest absolute Gasteiger partial charge is 0.266 e. The third-order valence-electron chi connectivity index (χ3n) is 4.38. The number of thiocarbonyl (C=S) groups is 1. The summed E-state index contributed by atoms with van der Waals surface area (Å²) < 4.78 is 0.416. The first-order valence-electron chi connectivity index (χ1n) is 8.72. The van der Waals surface area contributed by atoms with E-state index in [0.717, 1.165) is 21.3 Å². The van der Waals surface area contributed by atoms with Crippen LogP contribution in [0.5, 0.6) is 0 Å². The molecule has 0 spiro atoms. The molecule has 0 saturated carbocycles. The fourth-order valence-corrected chi connectivity index (χ4v) is 4.99. The molecule has 0 unspecified atom stereocenters. The molecule has 4 rings (SSSR count). The normalized spacial score (nSPS) is 15.7. The zero-order chi connectivity index (χ0) is 19.5. The number of para-hydroxylation sites is 1. The number of nitrogens with zero attached hydrogens (tertiary/aromatic N) is 1. The molecule has 142 valence electrons. The van der Waals surface area contributed by atoms with Gasteiger partial charge in [-0.15, -0.1) is 11.3 Å². The van der Waals surface area contributed by atoms with E-state index in [9.17, 15) is 9.59 Å². The van der Waals surface area contributed by atoms with Crippen molar-refractivity contribution in [1.29, 1.82) is 0 Å². The molecule has 5 nitrogen and oxygen atoms in total. The average molecular weight is 428 g/mol. The Labute approximate surface area is 175 Å². The van der Waals surface area contributed by atoms with Gasteiger partial charge >= 0.3 is 0 Å². The van der Waals surface area contributed by atoms with E-state index in [1.165, 1.54) is 16.7 Å². The number of rotatable bonds is 6. The molecular formula is C20H17N3O2S3. The number of hydrogen-bond donors (Lipinski definition) is 2. The number of amides is 2. The van der Waals surface area contributed by atoms with Gasteiger partial charge in [0.25, 0.3) is 5.91 Å². The predicted octanol–water partition coefficient (Wildman–Crippen LogP) is 3.79. The van der Waals surface area contributed by atoms with Crippen molar-refractivity contribution in [3.05, 3.63) is 63.3 Å². The number of H-pyrrole nitrogens is 1. The summed E-state index contributed by atoms with van der Waals surface area (Å²) in [7, 11) is 0. The lowest BCUT2D eigenvalue weighted by Gasteiger charge is -2.14. The van der Waals surface area contributed by atoms with Crippen LogP contribution in [0.25, 0.3) is 17.0 Å². The molecule has 0 aliphatic carbocycles. The van der Waals surface area contributed by atoms with Crippen LogP contribution in [0.15, 0.2) is 52.9 Å². The van der Waals surface area contributed by atoms with E-state index in [-0.39, 0.29) is 18.4 Å². The molecule has 8 heteroatoms. The second kappa shape index (κ2) is 8.30. The Kier molecular flexibility index (Phi) is 5.61. The maximum absolute atomic E-state index is 12.6. The number of benzene rings is 1. The Morgan fingerprint density at radius 2 is 2.11 bits per heavy atom. The van der Waals surface area contributed by atoms with E-state index < -0.39 is 0 Å². The van der Waals surface area contributed by atoms with Crippen LogP contribution in [0.1, 0.15) is 10.4 Å². The SMILES string of the molecule is O=C(CN1C(=O)/C(=C\c2cccs2)SC1=S)NCCc1c[nH]c2ccccc12. The minimum atomic E-state index is -0.214. The number of fused-ring (bicyclic) bond motifs is 1. The number of aromatic amines is 1. The fraction of sp³-hybridized carbons (Fsp3) is 0.150. The topological polar surface area (TPSA) is 65.2 Å². The molecule has 0 bridgehead atoms. The second-order valence-electron chi connectivity index (χ2n) is 6.24. The van der Waals surface area contributed by atoms with Gasteiger partial charge in [-0.05, 0) is 35.6 Å². The van der Waals surface area contributed by atoms with Crippen molar-refractivity contribution in [3.8, 4) is 0 Å². The Morgan fingerprint density at radius 3 is 2.93 bits per heavy atom. The molecule has 2 amide bonds. The van der Waals surface area contributed by atoms with E-state index in [2.05, 4.69) is 16.4 Å². The number of thioether (sulfide) groups is 1. The van der Waals surface area contributed by atoms with Gasteiger partial charge in [0.15, 0.2) is 0 Å². The monoisotopic (exact) mass is 427 g/mol. The van der Waals surface area contributed by atoms with Crippen LogP contribution < -0.4 is 5.32 Å². The Morgan fingerprint density at radius 1 is 1.25 bits per heavy atom. The van der Waals surface area contributed by atoms with Crippen LogP contribution in [0.4, 0.5) is 0 Å². The van der Waals surface area contributed by atoms with Gasteiger partial charge in [-0.3, -0.25) is 14.5 Å². The Hall–Kier alpha value is -2.42. The minimum Gasteiger partial charge on any atom is -0.361 e. The van der Waals surface area contributed by atoms with Crippen LogP contribution in [0, 0.1) is 0 Å². The largest absolute Gasteiger partial charge is 0.361 e. The van der Waals surface area contributed by atoms with Crippen LogP contribution >= 0.6 is 35.3 Å². The lowest BCUT2D eigenvalue weighted by atomic mass is 10.1. The summed E-state index contributed by atoms with van der Waals surface area (Å²) in [6.07, 6.45) is 4.50. The van der Waals surface area contributed by atoms with Crippen molar-refractivity contribution in [2.45, 2.75) is 6.42 Å². The number of nitrogens with one attached hydrogen (secondary N) is 2. The van der Waals surface area contributed by atoms with Crippen molar-refractivity contribution in [1.82, 2.24) is 15.2 Å². The third-order valence-corrected chi connectivity index (χ3v) is 6.58. The van der Waals surface area contributed by atoms with Crippen LogP contribution in [-0.2, 0) is 16.0 Å². The summed E-state index contributed by atoms with van der Waals surface area (Å²) in [4.78, 5) is 31.0. The molecule has 0 atom stereocenters. The van der Waals surface area contributed by atoms with Crippen molar-refractivity contribution in [2.24, 2.45) is 0 Å². The van der Waals surface area contributed by atoms with Gasteiger partial charge in [0, 0.05) is 28.5 Å². The van der Waals surface area contributed by atoms with E-state index in [4.69, 9.17) is 12.2 Å². The summed E-state index contributed by atoms with van der Waals surface area (Å²) in [5.74, 6) is -0.427. The quantitative estimate of drug-likeness (QED) is 0.464. The molecule has 1 saturated heterocycles. The minimum absolute atomic E-state index is 0.0552. The molecule has 3 aromatic rings. The van der Waals surface area contributed by atoms with Crippen molar-refractivity contribution in [3.63, 3.8) is 0 Å². The van der Waals surface area contributed by atoms with E-state index in [1.807, 2.05) is 48.0 Å².